The Morgan fingerprint density at radius 2 is 1.95 bits per heavy atom. The maximum atomic E-state index is 9.72. The van der Waals surface area contributed by atoms with Gasteiger partial charge in [0, 0.05) is 26.3 Å². The van der Waals surface area contributed by atoms with Crippen LogP contribution in [-0.4, -0.2) is 48.4 Å². The van der Waals surface area contributed by atoms with Crippen molar-refractivity contribution in [3.63, 3.8) is 0 Å². The molecule has 1 saturated heterocycles. The fraction of sp³-hybridized carbons (Fsp3) is 0.400. The zero-order valence-corrected chi connectivity index (χ0v) is 12.4. The number of piperidine rings is 1. The summed E-state index contributed by atoms with van der Waals surface area (Å²) in [6.07, 6.45) is 8.65. The minimum atomic E-state index is -0.192. The van der Waals surface area contributed by atoms with Crippen molar-refractivity contribution in [1.82, 2.24) is 24.1 Å². The number of hydrogen-bond acceptors (Lipinski definition) is 5. The second-order valence-electron chi connectivity index (χ2n) is 5.66. The summed E-state index contributed by atoms with van der Waals surface area (Å²) in [5, 5.41) is 14.0. The van der Waals surface area contributed by atoms with Crippen LogP contribution in [-0.2, 0) is 7.05 Å². The number of aryl methyl sites for hydroxylation is 1. The second-order valence-corrected chi connectivity index (χ2v) is 5.66. The molecule has 7 heteroatoms. The highest BCUT2D eigenvalue weighted by molar-refractivity contribution is 5.64. The molecule has 1 aliphatic rings. The monoisotopic (exact) mass is 298 g/mol. The normalized spacial score (nSPS) is 16.5. The smallest absolute Gasteiger partial charge is 0.157 e. The SMILES string of the molecule is Cn1nccc1-c1cnc2cncc(N3CCC(O)CC3)n12. The number of imidazole rings is 1. The maximum absolute atomic E-state index is 9.72. The van der Waals surface area contributed by atoms with Crippen LogP contribution in [0, 0.1) is 0 Å². The van der Waals surface area contributed by atoms with Crippen LogP contribution >= 0.6 is 0 Å². The van der Waals surface area contributed by atoms with E-state index in [4.69, 9.17) is 0 Å². The number of aliphatic hydroxyl groups excluding tert-OH is 1. The molecule has 1 aliphatic heterocycles. The third kappa shape index (κ3) is 2.05. The fourth-order valence-corrected chi connectivity index (χ4v) is 3.05. The van der Waals surface area contributed by atoms with Crippen LogP contribution < -0.4 is 4.90 Å². The van der Waals surface area contributed by atoms with Gasteiger partial charge in [0.15, 0.2) is 5.65 Å². The third-order valence-electron chi connectivity index (χ3n) is 4.27. The van der Waals surface area contributed by atoms with Gasteiger partial charge in [-0.05, 0) is 18.9 Å². The second kappa shape index (κ2) is 5.10. The zero-order valence-electron chi connectivity index (χ0n) is 12.4. The fourth-order valence-electron chi connectivity index (χ4n) is 3.05. The number of rotatable bonds is 2. The van der Waals surface area contributed by atoms with Crippen molar-refractivity contribution in [2.45, 2.75) is 18.9 Å². The molecule has 0 radical (unpaired) electrons. The molecule has 0 amide bonds. The topological polar surface area (TPSA) is 71.5 Å². The van der Waals surface area contributed by atoms with Crippen LogP contribution in [0.3, 0.4) is 0 Å². The highest BCUT2D eigenvalue weighted by Crippen LogP contribution is 2.27. The summed E-state index contributed by atoms with van der Waals surface area (Å²) in [5.41, 5.74) is 2.83. The van der Waals surface area contributed by atoms with Gasteiger partial charge in [-0.1, -0.05) is 0 Å². The van der Waals surface area contributed by atoms with Crippen LogP contribution in [0.15, 0.2) is 30.9 Å². The van der Waals surface area contributed by atoms with E-state index < -0.39 is 0 Å². The van der Waals surface area contributed by atoms with Crippen molar-refractivity contribution < 1.29 is 5.11 Å². The lowest BCUT2D eigenvalue weighted by Gasteiger charge is -2.31. The van der Waals surface area contributed by atoms with Gasteiger partial charge in [-0.3, -0.25) is 14.1 Å². The van der Waals surface area contributed by atoms with Gasteiger partial charge in [-0.15, -0.1) is 0 Å². The van der Waals surface area contributed by atoms with Crippen LogP contribution in [0.25, 0.3) is 17.0 Å². The van der Waals surface area contributed by atoms with Crippen molar-refractivity contribution in [1.29, 1.82) is 0 Å². The highest BCUT2D eigenvalue weighted by Gasteiger charge is 2.21. The first kappa shape index (κ1) is 13.3. The lowest BCUT2D eigenvalue weighted by molar-refractivity contribution is 0.145. The van der Waals surface area contributed by atoms with E-state index >= 15 is 0 Å². The molecule has 0 saturated carbocycles. The Morgan fingerprint density at radius 1 is 1.14 bits per heavy atom. The number of aromatic nitrogens is 5. The Balaban J connectivity index is 1.85. The van der Waals surface area contributed by atoms with E-state index in [9.17, 15) is 5.11 Å². The molecular weight excluding hydrogens is 280 g/mol. The van der Waals surface area contributed by atoms with E-state index in [1.54, 1.807) is 12.4 Å². The Morgan fingerprint density at radius 3 is 2.68 bits per heavy atom. The van der Waals surface area contributed by atoms with Crippen LogP contribution in [0.5, 0.6) is 0 Å². The van der Waals surface area contributed by atoms with Gasteiger partial charge in [-0.25, -0.2) is 4.98 Å². The van der Waals surface area contributed by atoms with Gasteiger partial charge in [0.2, 0.25) is 0 Å². The minimum Gasteiger partial charge on any atom is -0.393 e. The van der Waals surface area contributed by atoms with Crippen molar-refractivity contribution in [3.05, 3.63) is 30.9 Å². The van der Waals surface area contributed by atoms with Crippen molar-refractivity contribution in [2.75, 3.05) is 18.0 Å². The van der Waals surface area contributed by atoms with Gasteiger partial charge in [-0.2, -0.15) is 5.10 Å². The molecule has 0 bridgehead atoms. The first-order valence-corrected chi connectivity index (χ1v) is 7.47. The molecule has 3 aromatic heterocycles. The van der Waals surface area contributed by atoms with Crippen LogP contribution in [0.1, 0.15) is 12.8 Å². The summed E-state index contributed by atoms with van der Waals surface area (Å²) in [6.45, 7) is 1.65. The summed E-state index contributed by atoms with van der Waals surface area (Å²) in [6, 6.07) is 1.98. The van der Waals surface area contributed by atoms with Crippen LogP contribution in [0.4, 0.5) is 5.82 Å². The van der Waals surface area contributed by atoms with Crippen LogP contribution in [0.2, 0.25) is 0 Å². The molecule has 4 rings (SSSR count). The first-order chi connectivity index (χ1) is 10.7. The Kier molecular flexibility index (Phi) is 3.07. The molecule has 1 N–H and O–H groups in total. The largest absolute Gasteiger partial charge is 0.393 e. The molecule has 22 heavy (non-hydrogen) atoms. The van der Waals surface area contributed by atoms with E-state index in [0.717, 1.165) is 48.8 Å². The summed E-state index contributed by atoms with van der Waals surface area (Å²) in [7, 11) is 1.92. The molecule has 0 atom stereocenters. The predicted molar refractivity (Wildman–Crippen MR) is 82.6 cm³/mol. The molecular formula is C15H18N6O. The number of aliphatic hydroxyl groups is 1. The van der Waals surface area contributed by atoms with Gasteiger partial charge in [0.05, 0.1) is 36.1 Å². The van der Waals surface area contributed by atoms with Crippen molar-refractivity contribution in [3.8, 4) is 11.4 Å². The zero-order chi connectivity index (χ0) is 15.1. The first-order valence-electron chi connectivity index (χ1n) is 7.47. The molecule has 114 valence electrons. The van der Waals surface area contributed by atoms with Gasteiger partial charge in [0.1, 0.15) is 5.82 Å². The maximum Gasteiger partial charge on any atom is 0.157 e. The molecule has 3 aromatic rings. The molecule has 0 aliphatic carbocycles. The predicted octanol–water partition coefficient (Wildman–Crippen LogP) is 1.09. The number of hydrogen-bond donors (Lipinski definition) is 1. The summed E-state index contributed by atoms with van der Waals surface area (Å²) >= 11 is 0. The highest BCUT2D eigenvalue weighted by atomic mass is 16.3. The lowest BCUT2D eigenvalue weighted by atomic mass is 10.1. The summed E-state index contributed by atoms with van der Waals surface area (Å²) < 4.78 is 3.95. The molecule has 0 spiro atoms. The van der Waals surface area contributed by atoms with E-state index in [1.165, 1.54) is 0 Å². The molecule has 4 heterocycles. The van der Waals surface area contributed by atoms with Crippen molar-refractivity contribution in [2.24, 2.45) is 7.05 Å². The standard InChI is InChI=1S/C15H18N6O/c1-19-12(2-5-18-19)13-8-17-14-9-16-10-15(21(13)14)20-6-3-11(22)4-7-20/h2,5,8-11,22H,3-4,6-7H2,1H3. The summed E-state index contributed by atoms with van der Waals surface area (Å²) in [4.78, 5) is 11.0. The van der Waals surface area contributed by atoms with Gasteiger partial charge >= 0.3 is 0 Å². The Hall–Kier alpha value is -2.41. The molecule has 1 fully saturated rings. The Labute approximate surface area is 127 Å². The number of anilines is 1. The Bertz CT molecular complexity index is 799. The van der Waals surface area contributed by atoms with Gasteiger partial charge in [0.25, 0.3) is 0 Å². The number of fused-ring (bicyclic) bond motifs is 1. The lowest BCUT2D eigenvalue weighted by Crippen LogP contribution is -2.37. The number of nitrogens with zero attached hydrogens (tertiary/aromatic N) is 6. The summed E-state index contributed by atoms with van der Waals surface area (Å²) in [5.74, 6) is 1.01. The average Bonchev–Trinajstić information content (AvgIpc) is 3.13. The van der Waals surface area contributed by atoms with Gasteiger partial charge < -0.3 is 10.0 Å². The van der Waals surface area contributed by atoms with E-state index in [1.807, 2.05) is 30.2 Å². The van der Waals surface area contributed by atoms with E-state index in [0.29, 0.717) is 0 Å². The molecule has 7 nitrogen and oxygen atoms in total. The molecule has 0 aromatic carbocycles. The minimum absolute atomic E-state index is 0.192. The molecule has 0 unspecified atom stereocenters. The average molecular weight is 298 g/mol. The van der Waals surface area contributed by atoms with E-state index in [2.05, 4.69) is 24.4 Å². The van der Waals surface area contributed by atoms with E-state index in [-0.39, 0.29) is 6.10 Å². The third-order valence-corrected chi connectivity index (χ3v) is 4.27. The van der Waals surface area contributed by atoms with Crippen molar-refractivity contribution >= 4 is 11.5 Å². The quantitative estimate of drug-likeness (QED) is 0.767.